The number of benzene rings is 2. The van der Waals surface area contributed by atoms with Crippen LogP contribution in [0.1, 0.15) is 23.6 Å². The Morgan fingerprint density at radius 2 is 1.85 bits per heavy atom. The third-order valence-corrected chi connectivity index (χ3v) is 4.18. The number of rotatable bonds is 6. The van der Waals surface area contributed by atoms with E-state index in [4.69, 9.17) is 16.3 Å². The van der Waals surface area contributed by atoms with E-state index in [1.807, 2.05) is 13.8 Å². The highest BCUT2D eigenvalue weighted by molar-refractivity contribution is 6.32. The van der Waals surface area contributed by atoms with Gasteiger partial charge < -0.3 is 4.74 Å². The van der Waals surface area contributed by atoms with Gasteiger partial charge in [-0.15, -0.1) is 0 Å². The molecule has 0 saturated heterocycles. The summed E-state index contributed by atoms with van der Waals surface area (Å²) in [6, 6.07) is 9.32. The molecule has 1 atom stereocenters. The zero-order valence-electron chi connectivity index (χ0n) is 14.5. The molecule has 1 unspecified atom stereocenters. The fourth-order valence-electron chi connectivity index (χ4n) is 2.18. The molecule has 8 heteroatoms. The van der Waals surface area contributed by atoms with E-state index >= 15 is 0 Å². The Labute approximate surface area is 155 Å². The van der Waals surface area contributed by atoms with Crippen LogP contribution in [0.5, 0.6) is 5.75 Å². The van der Waals surface area contributed by atoms with Crippen molar-refractivity contribution < 1.29 is 14.5 Å². The number of nitrogens with zero attached hydrogens (tertiary/aromatic N) is 2. The van der Waals surface area contributed by atoms with Crippen LogP contribution in [0.25, 0.3) is 0 Å². The van der Waals surface area contributed by atoms with Gasteiger partial charge in [-0.1, -0.05) is 11.6 Å². The number of ether oxygens (including phenoxy) is 1. The highest BCUT2D eigenvalue weighted by Crippen LogP contribution is 2.26. The molecule has 2 aromatic rings. The number of non-ortho nitro benzene ring substituents is 1. The molecule has 2 aromatic carbocycles. The highest BCUT2D eigenvalue weighted by Gasteiger charge is 2.15. The van der Waals surface area contributed by atoms with Crippen LogP contribution < -0.4 is 10.2 Å². The summed E-state index contributed by atoms with van der Waals surface area (Å²) in [5, 5.41) is 15.1. The Bertz CT molecular complexity index is 827. The van der Waals surface area contributed by atoms with Crippen molar-refractivity contribution in [1.29, 1.82) is 0 Å². The molecule has 0 heterocycles. The van der Waals surface area contributed by atoms with Crippen LogP contribution >= 0.6 is 11.6 Å². The maximum atomic E-state index is 12.1. The molecule has 0 saturated carbocycles. The Balaban J connectivity index is 1.93. The van der Waals surface area contributed by atoms with Crippen molar-refractivity contribution >= 4 is 29.4 Å². The predicted molar refractivity (Wildman–Crippen MR) is 99.8 cm³/mol. The minimum absolute atomic E-state index is 0.0123. The first-order valence-corrected chi connectivity index (χ1v) is 8.16. The summed E-state index contributed by atoms with van der Waals surface area (Å²) in [5.41, 5.74) is 4.71. The first-order chi connectivity index (χ1) is 12.3. The molecular formula is C18H18ClN3O4. The maximum absolute atomic E-state index is 12.1. The zero-order chi connectivity index (χ0) is 19.3. The number of nitrogens with one attached hydrogen (secondary N) is 1. The summed E-state index contributed by atoms with van der Waals surface area (Å²) in [4.78, 5) is 22.2. The Morgan fingerprint density at radius 3 is 2.38 bits per heavy atom. The van der Waals surface area contributed by atoms with E-state index in [0.717, 1.165) is 11.1 Å². The summed E-state index contributed by atoms with van der Waals surface area (Å²) >= 11 is 6.11. The minimum atomic E-state index is -0.760. The number of halogens is 1. The van der Waals surface area contributed by atoms with Crippen molar-refractivity contribution in [3.63, 3.8) is 0 Å². The number of carbonyl (C=O) groups is 1. The molecule has 2 rings (SSSR count). The molecule has 26 heavy (non-hydrogen) atoms. The number of aryl methyl sites for hydroxylation is 2. The zero-order valence-corrected chi connectivity index (χ0v) is 15.3. The molecule has 7 nitrogen and oxygen atoms in total. The van der Waals surface area contributed by atoms with E-state index < -0.39 is 16.9 Å². The summed E-state index contributed by atoms with van der Waals surface area (Å²) in [7, 11) is 0. The Kier molecular flexibility index (Phi) is 6.30. The van der Waals surface area contributed by atoms with E-state index in [1.165, 1.54) is 30.5 Å². The van der Waals surface area contributed by atoms with Crippen LogP contribution in [-0.4, -0.2) is 23.1 Å². The lowest BCUT2D eigenvalue weighted by Crippen LogP contribution is -2.33. The quantitative estimate of drug-likeness (QED) is 0.472. The number of hydrogen-bond donors (Lipinski definition) is 1. The van der Waals surface area contributed by atoms with Gasteiger partial charge in [-0.25, -0.2) is 5.43 Å². The second kappa shape index (κ2) is 8.44. The largest absolute Gasteiger partial charge is 0.481 e. The lowest BCUT2D eigenvalue weighted by Gasteiger charge is -2.14. The number of nitro benzene ring substituents is 1. The van der Waals surface area contributed by atoms with E-state index in [2.05, 4.69) is 10.5 Å². The molecule has 0 aliphatic rings. The summed E-state index contributed by atoms with van der Waals surface area (Å²) in [6.45, 7) is 5.33. The highest BCUT2D eigenvalue weighted by atomic mass is 35.5. The second-order valence-corrected chi connectivity index (χ2v) is 6.09. The van der Waals surface area contributed by atoms with Gasteiger partial charge in [-0.3, -0.25) is 14.9 Å². The fourth-order valence-corrected chi connectivity index (χ4v) is 2.28. The minimum Gasteiger partial charge on any atom is -0.481 e. The van der Waals surface area contributed by atoms with Gasteiger partial charge in [0.2, 0.25) is 0 Å². The van der Waals surface area contributed by atoms with Crippen LogP contribution in [0.3, 0.4) is 0 Å². The van der Waals surface area contributed by atoms with Gasteiger partial charge in [-0.05, 0) is 61.7 Å². The number of hydrogen-bond acceptors (Lipinski definition) is 5. The molecule has 1 amide bonds. The molecule has 136 valence electrons. The molecule has 0 aliphatic heterocycles. The molecular weight excluding hydrogens is 358 g/mol. The average molecular weight is 376 g/mol. The SMILES string of the molecule is Cc1cc(OC(C)C(=O)NN=Cc2ccc([N+](=O)[O-])cc2)cc(C)c1Cl. The van der Waals surface area contributed by atoms with Crippen LogP contribution in [0.2, 0.25) is 5.02 Å². The van der Waals surface area contributed by atoms with Gasteiger partial charge in [0.15, 0.2) is 6.10 Å². The molecule has 0 bridgehead atoms. The molecule has 0 spiro atoms. The predicted octanol–water partition coefficient (Wildman–Crippen LogP) is 3.78. The maximum Gasteiger partial charge on any atom is 0.280 e. The Morgan fingerprint density at radius 1 is 1.27 bits per heavy atom. The van der Waals surface area contributed by atoms with Crippen LogP contribution in [-0.2, 0) is 4.79 Å². The van der Waals surface area contributed by atoms with Gasteiger partial charge >= 0.3 is 0 Å². The number of carbonyl (C=O) groups excluding carboxylic acids is 1. The number of amides is 1. The van der Waals surface area contributed by atoms with E-state index in [0.29, 0.717) is 16.3 Å². The van der Waals surface area contributed by atoms with Crippen molar-refractivity contribution in [3.8, 4) is 5.75 Å². The normalized spacial score (nSPS) is 12.0. The van der Waals surface area contributed by atoms with Gasteiger partial charge in [0, 0.05) is 17.2 Å². The second-order valence-electron chi connectivity index (χ2n) is 5.71. The summed E-state index contributed by atoms with van der Waals surface area (Å²) < 4.78 is 5.62. The van der Waals surface area contributed by atoms with Crippen molar-refractivity contribution in [2.45, 2.75) is 26.9 Å². The fraction of sp³-hybridized carbons (Fsp3) is 0.222. The molecule has 0 radical (unpaired) electrons. The van der Waals surface area contributed by atoms with Gasteiger partial charge in [0.25, 0.3) is 11.6 Å². The van der Waals surface area contributed by atoms with Crippen molar-refractivity contribution in [2.24, 2.45) is 5.10 Å². The van der Waals surface area contributed by atoms with Gasteiger partial charge in [0.1, 0.15) is 5.75 Å². The third-order valence-electron chi connectivity index (χ3n) is 3.58. The van der Waals surface area contributed by atoms with Crippen LogP contribution in [0.15, 0.2) is 41.5 Å². The van der Waals surface area contributed by atoms with Crippen molar-refractivity contribution in [3.05, 3.63) is 68.2 Å². The van der Waals surface area contributed by atoms with Gasteiger partial charge in [-0.2, -0.15) is 5.10 Å². The monoisotopic (exact) mass is 375 g/mol. The third kappa shape index (κ3) is 5.03. The topological polar surface area (TPSA) is 93.8 Å². The van der Waals surface area contributed by atoms with Gasteiger partial charge in [0.05, 0.1) is 11.1 Å². The van der Waals surface area contributed by atoms with E-state index in [9.17, 15) is 14.9 Å². The summed E-state index contributed by atoms with van der Waals surface area (Å²) in [5.74, 6) is 0.125. The van der Waals surface area contributed by atoms with Crippen LogP contribution in [0.4, 0.5) is 5.69 Å². The molecule has 0 aromatic heterocycles. The lowest BCUT2D eigenvalue weighted by atomic mass is 10.1. The van der Waals surface area contributed by atoms with Crippen LogP contribution in [0, 0.1) is 24.0 Å². The average Bonchev–Trinajstić information content (AvgIpc) is 2.59. The van der Waals surface area contributed by atoms with E-state index in [1.54, 1.807) is 19.1 Å². The van der Waals surface area contributed by atoms with E-state index in [-0.39, 0.29) is 5.69 Å². The first kappa shape index (κ1) is 19.4. The van der Waals surface area contributed by atoms with Crippen molar-refractivity contribution in [1.82, 2.24) is 5.43 Å². The summed E-state index contributed by atoms with van der Waals surface area (Å²) in [6.07, 6.45) is 0.634. The lowest BCUT2D eigenvalue weighted by molar-refractivity contribution is -0.384. The molecule has 0 fully saturated rings. The standard InChI is InChI=1S/C18H18ClN3O4/c1-11-8-16(9-12(2)17(11)19)26-13(3)18(23)21-20-10-14-4-6-15(7-5-14)22(24)25/h4-10,13H,1-3H3,(H,21,23). The Hall–Kier alpha value is -2.93. The number of nitro groups is 1. The first-order valence-electron chi connectivity index (χ1n) is 7.78. The molecule has 0 aliphatic carbocycles. The number of hydrazone groups is 1. The smallest absolute Gasteiger partial charge is 0.280 e. The molecule has 1 N–H and O–H groups in total. The van der Waals surface area contributed by atoms with Crippen molar-refractivity contribution in [2.75, 3.05) is 0 Å².